The van der Waals surface area contributed by atoms with Crippen molar-refractivity contribution in [2.24, 2.45) is 0 Å². The lowest BCUT2D eigenvalue weighted by Gasteiger charge is -2.16. The fraction of sp³-hybridized carbons (Fsp3) is 0.357. The maximum absolute atomic E-state index is 11.6. The third kappa shape index (κ3) is 2.96. The summed E-state index contributed by atoms with van der Waals surface area (Å²) in [6.07, 6.45) is 0.849. The highest BCUT2D eigenvalue weighted by Gasteiger charge is 2.19. The van der Waals surface area contributed by atoms with E-state index < -0.39 is 0 Å². The smallest absolute Gasteiger partial charge is 0.334 e. The van der Waals surface area contributed by atoms with E-state index in [9.17, 15) is 4.79 Å². The van der Waals surface area contributed by atoms with Gasteiger partial charge in [-0.2, -0.15) is 0 Å². The van der Waals surface area contributed by atoms with Crippen molar-refractivity contribution in [2.45, 2.75) is 26.2 Å². The van der Waals surface area contributed by atoms with E-state index in [2.05, 4.69) is 6.58 Å². The van der Waals surface area contributed by atoms with Crippen LogP contribution in [0.1, 0.15) is 31.7 Å². The van der Waals surface area contributed by atoms with Crippen LogP contribution in [-0.2, 0) is 9.53 Å². The number of carbonyl (C=O) groups excluding carboxylic acids is 1. The van der Waals surface area contributed by atoms with Gasteiger partial charge in [-0.3, -0.25) is 0 Å². The Morgan fingerprint density at radius 2 is 1.94 bits per heavy atom. The molecule has 0 amide bonds. The highest BCUT2D eigenvalue weighted by Crippen LogP contribution is 2.27. The van der Waals surface area contributed by atoms with Crippen molar-refractivity contribution in [3.8, 4) is 0 Å². The van der Waals surface area contributed by atoms with E-state index in [1.165, 1.54) is 0 Å². The van der Waals surface area contributed by atoms with E-state index in [4.69, 9.17) is 4.74 Å². The predicted molar refractivity (Wildman–Crippen MR) is 65.2 cm³/mol. The Hall–Kier alpha value is -1.57. The van der Waals surface area contributed by atoms with Gasteiger partial charge in [-0.05, 0) is 18.9 Å². The Morgan fingerprint density at radius 3 is 2.44 bits per heavy atom. The predicted octanol–water partition coefficient (Wildman–Crippen LogP) is 3.30. The zero-order valence-electron chi connectivity index (χ0n) is 9.90. The fourth-order valence-electron chi connectivity index (χ4n) is 1.73. The molecule has 2 heteroatoms. The summed E-state index contributed by atoms with van der Waals surface area (Å²) in [7, 11) is 0. The highest BCUT2D eigenvalue weighted by atomic mass is 16.5. The second-order valence-electron chi connectivity index (χ2n) is 3.62. The topological polar surface area (TPSA) is 26.3 Å². The van der Waals surface area contributed by atoms with Crippen molar-refractivity contribution in [2.75, 3.05) is 6.61 Å². The molecule has 0 aliphatic carbocycles. The summed E-state index contributed by atoms with van der Waals surface area (Å²) in [5.74, 6) is -0.238. The molecule has 0 saturated carbocycles. The van der Waals surface area contributed by atoms with Gasteiger partial charge >= 0.3 is 5.97 Å². The molecular formula is C14H18O2. The van der Waals surface area contributed by atoms with E-state index in [1.807, 2.05) is 37.3 Å². The lowest BCUT2D eigenvalue weighted by atomic mass is 9.90. The maximum Gasteiger partial charge on any atom is 0.334 e. The molecule has 0 spiro atoms. The van der Waals surface area contributed by atoms with E-state index >= 15 is 0 Å². The molecule has 0 N–H and O–H groups in total. The molecule has 0 bridgehead atoms. The Morgan fingerprint density at radius 1 is 1.31 bits per heavy atom. The summed E-state index contributed by atoms with van der Waals surface area (Å²) in [6.45, 7) is 8.08. The summed E-state index contributed by atoms with van der Waals surface area (Å²) in [4.78, 5) is 11.6. The van der Waals surface area contributed by atoms with Gasteiger partial charge in [0.25, 0.3) is 0 Å². The van der Waals surface area contributed by atoms with Crippen LogP contribution in [0.4, 0.5) is 0 Å². The Balaban J connectivity index is 2.83. The van der Waals surface area contributed by atoms with Gasteiger partial charge in [-0.25, -0.2) is 4.79 Å². The largest absolute Gasteiger partial charge is 0.463 e. The van der Waals surface area contributed by atoms with Gasteiger partial charge in [0.15, 0.2) is 0 Å². The first kappa shape index (κ1) is 12.5. The number of hydrogen-bond donors (Lipinski definition) is 0. The number of carbonyl (C=O) groups is 1. The molecule has 0 aliphatic rings. The molecule has 16 heavy (non-hydrogen) atoms. The van der Waals surface area contributed by atoms with Gasteiger partial charge in [-0.1, -0.05) is 43.8 Å². The molecule has 1 rings (SSSR count). The van der Waals surface area contributed by atoms with Gasteiger partial charge in [0.2, 0.25) is 0 Å². The maximum atomic E-state index is 11.6. The summed E-state index contributed by atoms with van der Waals surface area (Å²) in [5, 5.41) is 0. The summed E-state index contributed by atoms with van der Waals surface area (Å²) in [5.41, 5.74) is 1.65. The molecule has 1 aromatic rings. The van der Waals surface area contributed by atoms with E-state index in [0.29, 0.717) is 12.2 Å². The van der Waals surface area contributed by atoms with Crippen LogP contribution in [0, 0.1) is 0 Å². The Kier molecular flexibility index (Phi) is 4.77. The summed E-state index contributed by atoms with van der Waals surface area (Å²) < 4.78 is 4.97. The molecule has 0 aromatic heterocycles. The molecule has 0 unspecified atom stereocenters. The molecule has 0 fully saturated rings. The Bertz CT molecular complexity index is 354. The van der Waals surface area contributed by atoms with Crippen LogP contribution < -0.4 is 0 Å². The first-order chi connectivity index (χ1) is 7.70. The third-order valence-corrected chi connectivity index (χ3v) is 2.57. The second-order valence-corrected chi connectivity index (χ2v) is 3.62. The molecular weight excluding hydrogens is 200 g/mol. The number of rotatable bonds is 5. The molecule has 0 radical (unpaired) electrons. The minimum atomic E-state index is -0.293. The van der Waals surface area contributed by atoms with Gasteiger partial charge in [0, 0.05) is 11.5 Å². The first-order valence-electron chi connectivity index (χ1n) is 5.61. The minimum Gasteiger partial charge on any atom is -0.463 e. The van der Waals surface area contributed by atoms with Crippen molar-refractivity contribution >= 4 is 5.97 Å². The number of hydrogen-bond acceptors (Lipinski definition) is 2. The van der Waals surface area contributed by atoms with Crippen LogP contribution in [0.3, 0.4) is 0 Å². The van der Waals surface area contributed by atoms with Crippen LogP contribution in [0.5, 0.6) is 0 Å². The quantitative estimate of drug-likeness (QED) is 0.560. The average molecular weight is 218 g/mol. The lowest BCUT2D eigenvalue weighted by molar-refractivity contribution is -0.138. The monoisotopic (exact) mass is 218 g/mol. The fourth-order valence-corrected chi connectivity index (χ4v) is 1.73. The second kappa shape index (κ2) is 6.11. The highest BCUT2D eigenvalue weighted by molar-refractivity contribution is 5.89. The van der Waals surface area contributed by atoms with Crippen molar-refractivity contribution < 1.29 is 9.53 Å². The molecule has 0 heterocycles. The zero-order valence-corrected chi connectivity index (χ0v) is 9.90. The van der Waals surface area contributed by atoms with Crippen molar-refractivity contribution in [1.82, 2.24) is 0 Å². The molecule has 86 valence electrons. The van der Waals surface area contributed by atoms with E-state index in [0.717, 1.165) is 12.0 Å². The van der Waals surface area contributed by atoms with Gasteiger partial charge < -0.3 is 4.74 Å². The van der Waals surface area contributed by atoms with Gasteiger partial charge in [0.05, 0.1) is 6.61 Å². The Labute approximate surface area is 96.9 Å². The van der Waals surface area contributed by atoms with Gasteiger partial charge in [0.1, 0.15) is 0 Å². The van der Waals surface area contributed by atoms with Crippen molar-refractivity contribution in [3.63, 3.8) is 0 Å². The first-order valence-corrected chi connectivity index (χ1v) is 5.61. The normalized spacial score (nSPS) is 11.9. The standard InChI is InChI=1S/C14H18O2/c1-4-13(11(3)14(15)16-5-2)12-9-7-6-8-10-12/h6-10,13H,3-5H2,1-2H3/t13-/m0/s1. The molecule has 0 saturated heterocycles. The molecule has 1 aromatic carbocycles. The van der Waals surface area contributed by atoms with Crippen molar-refractivity contribution in [3.05, 3.63) is 48.0 Å². The molecule has 0 aliphatic heterocycles. The average Bonchev–Trinajstić information content (AvgIpc) is 2.31. The van der Waals surface area contributed by atoms with E-state index in [1.54, 1.807) is 6.92 Å². The number of esters is 1. The lowest BCUT2D eigenvalue weighted by Crippen LogP contribution is -2.13. The number of ether oxygens (including phenoxy) is 1. The van der Waals surface area contributed by atoms with Crippen LogP contribution >= 0.6 is 0 Å². The third-order valence-electron chi connectivity index (χ3n) is 2.57. The van der Waals surface area contributed by atoms with Gasteiger partial charge in [-0.15, -0.1) is 0 Å². The number of benzene rings is 1. The molecule has 2 nitrogen and oxygen atoms in total. The van der Waals surface area contributed by atoms with Crippen LogP contribution in [0.2, 0.25) is 0 Å². The SMILES string of the molecule is C=C(C(=O)OCC)[C@H](CC)c1ccccc1. The van der Waals surface area contributed by atoms with Crippen molar-refractivity contribution in [1.29, 1.82) is 0 Å². The van der Waals surface area contributed by atoms with Crippen LogP contribution in [-0.4, -0.2) is 12.6 Å². The summed E-state index contributed by atoms with van der Waals surface area (Å²) in [6, 6.07) is 9.92. The van der Waals surface area contributed by atoms with Crippen LogP contribution in [0.15, 0.2) is 42.5 Å². The minimum absolute atomic E-state index is 0.0558. The zero-order chi connectivity index (χ0) is 12.0. The van der Waals surface area contributed by atoms with E-state index in [-0.39, 0.29) is 11.9 Å². The van der Waals surface area contributed by atoms with Crippen LogP contribution in [0.25, 0.3) is 0 Å². The molecule has 1 atom stereocenters. The summed E-state index contributed by atoms with van der Waals surface area (Å²) >= 11 is 0.